The van der Waals surface area contributed by atoms with Crippen LogP contribution in [0.5, 0.6) is 0 Å². The van der Waals surface area contributed by atoms with Gasteiger partial charge in [-0.25, -0.2) is 4.79 Å². The Morgan fingerprint density at radius 2 is 2.05 bits per heavy atom. The fraction of sp³-hybridized carbons (Fsp3) is 0.533. The maximum absolute atomic E-state index is 11.7. The molecule has 1 amide bonds. The van der Waals surface area contributed by atoms with Crippen molar-refractivity contribution in [2.24, 2.45) is 0 Å². The normalized spacial score (nSPS) is 17.1. The van der Waals surface area contributed by atoms with Crippen molar-refractivity contribution in [3.63, 3.8) is 0 Å². The number of nitrogens with zero attached hydrogens (tertiary/aromatic N) is 3. The molecule has 22 heavy (non-hydrogen) atoms. The molecule has 1 heterocycles. The Bertz CT molecular complexity index is 541. The van der Waals surface area contributed by atoms with E-state index in [9.17, 15) is 14.9 Å². The van der Waals surface area contributed by atoms with Gasteiger partial charge in [0.1, 0.15) is 0 Å². The van der Waals surface area contributed by atoms with Gasteiger partial charge in [-0.2, -0.15) is 0 Å². The molecule has 120 valence electrons. The monoisotopic (exact) mass is 307 g/mol. The maximum atomic E-state index is 11.7. The van der Waals surface area contributed by atoms with Crippen molar-refractivity contribution >= 4 is 11.8 Å². The minimum Gasteiger partial charge on any atom is -0.450 e. The Morgan fingerprint density at radius 1 is 1.36 bits per heavy atom. The Balaban J connectivity index is 1.97. The number of carbonyl (C=O) groups is 1. The predicted molar refractivity (Wildman–Crippen MR) is 81.7 cm³/mol. The molecule has 1 aliphatic rings. The van der Waals surface area contributed by atoms with E-state index in [1.54, 1.807) is 24.0 Å². The number of carbonyl (C=O) groups excluding carboxylic acids is 1. The molecule has 0 aromatic heterocycles. The largest absolute Gasteiger partial charge is 0.450 e. The molecule has 1 fully saturated rings. The predicted octanol–water partition coefficient (Wildman–Crippen LogP) is 2.43. The second kappa shape index (κ2) is 7.22. The third kappa shape index (κ3) is 3.73. The van der Waals surface area contributed by atoms with E-state index in [1.807, 2.05) is 13.0 Å². The van der Waals surface area contributed by atoms with Gasteiger partial charge in [0.15, 0.2) is 0 Å². The summed E-state index contributed by atoms with van der Waals surface area (Å²) < 4.78 is 5.00. The quantitative estimate of drug-likeness (QED) is 0.631. The van der Waals surface area contributed by atoms with Crippen LogP contribution in [-0.2, 0) is 4.74 Å². The molecule has 0 bridgehead atoms. The van der Waals surface area contributed by atoms with E-state index in [0.717, 1.165) is 18.7 Å². The molecule has 7 nitrogen and oxygen atoms in total. The minimum atomic E-state index is -0.380. The van der Waals surface area contributed by atoms with Crippen LogP contribution in [0.4, 0.5) is 10.5 Å². The third-order valence-electron chi connectivity index (χ3n) is 3.95. The molecule has 1 atom stereocenters. The molecule has 0 N–H and O–H groups in total. The summed E-state index contributed by atoms with van der Waals surface area (Å²) in [5, 5.41) is 10.9. The van der Waals surface area contributed by atoms with Gasteiger partial charge in [0.25, 0.3) is 5.69 Å². The second-order valence-corrected chi connectivity index (χ2v) is 5.25. The van der Waals surface area contributed by atoms with Crippen molar-refractivity contribution in [2.75, 3.05) is 32.8 Å². The van der Waals surface area contributed by atoms with Crippen molar-refractivity contribution in [3.8, 4) is 0 Å². The molecule has 0 spiro atoms. The minimum absolute atomic E-state index is 0.0734. The van der Waals surface area contributed by atoms with Crippen LogP contribution < -0.4 is 0 Å². The standard InChI is InChI=1S/C15H21N3O4/c1-3-22-15(19)17-9-7-16(8-10-17)12(2)13-5-4-6-14(11-13)18(20)21/h4-6,11-12H,3,7-10H2,1-2H3. The summed E-state index contributed by atoms with van der Waals surface area (Å²) in [6.07, 6.45) is -0.273. The zero-order valence-electron chi connectivity index (χ0n) is 12.9. The van der Waals surface area contributed by atoms with E-state index in [2.05, 4.69) is 4.90 Å². The zero-order chi connectivity index (χ0) is 16.1. The van der Waals surface area contributed by atoms with Crippen LogP contribution in [0, 0.1) is 10.1 Å². The first-order valence-corrected chi connectivity index (χ1v) is 7.43. The number of ether oxygens (including phenoxy) is 1. The van der Waals surface area contributed by atoms with Crippen LogP contribution in [0.25, 0.3) is 0 Å². The van der Waals surface area contributed by atoms with Crippen LogP contribution in [0.3, 0.4) is 0 Å². The van der Waals surface area contributed by atoms with Gasteiger partial charge in [-0.1, -0.05) is 12.1 Å². The SMILES string of the molecule is CCOC(=O)N1CCN(C(C)c2cccc([N+](=O)[O-])c2)CC1. The number of hydrogen-bond donors (Lipinski definition) is 0. The highest BCUT2D eigenvalue weighted by atomic mass is 16.6. The van der Waals surface area contributed by atoms with E-state index < -0.39 is 0 Å². The summed E-state index contributed by atoms with van der Waals surface area (Å²) in [7, 11) is 0. The number of non-ortho nitro benzene ring substituents is 1. The van der Waals surface area contributed by atoms with Crippen molar-refractivity contribution < 1.29 is 14.5 Å². The lowest BCUT2D eigenvalue weighted by Gasteiger charge is -2.37. The Morgan fingerprint density at radius 3 is 2.64 bits per heavy atom. The van der Waals surface area contributed by atoms with Gasteiger partial charge < -0.3 is 9.64 Å². The molecule has 1 aliphatic heterocycles. The van der Waals surface area contributed by atoms with Crippen LogP contribution in [0.1, 0.15) is 25.5 Å². The average molecular weight is 307 g/mol. The van der Waals surface area contributed by atoms with E-state index in [4.69, 9.17) is 4.74 Å². The molecule has 0 radical (unpaired) electrons. The van der Waals surface area contributed by atoms with E-state index in [1.165, 1.54) is 6.07 Å². The van der Waals surface area contributed by atoms with Crippen molar-refractivity contribution in [2.45, 2.75) is 19.9 Å². The number of nitro groups is 1. The number of benzene rings is 1. The summed E-state index contributed by atoms with van der Waals surface area (Å²) in [5.41, 5.74) is 1.02. The van der Waals surface area contributed by atoms with Gasteiger partial charge in [0, 0.05) is 44.4 Å². The van der Waals surface area contributed by atoms with Crippen LogP contribution in [0.2, 0.25) is 0 Å². The summed E-state index contributed by atoms with van der Waals surface area (Å²) in [4.78, 5) is 26.1. The summed E-state index contributed by atoms with van der Waals surface area (Å²) in [5.74, 6) is 0. The van der Waals surface area contributed by atoms with Crippen LogP contribution >= 0.6 is 0 Å². The molecular formula is C15H21N3O4. The molecule has 2 rings (SSSR count). The van der Waals surface area contributed by atoms with Gasteiger partial charge in [0.05, 0.1) is 11.5 Å². The number of hydrogen-bond acceptors (Lipinski definition) is 5. The van der Waals surface area contributed by atoms with E-state index >= 15 is 0 Å². The fourth-order valence-corrected chi connectivity index (χ4v) is 2.62. The van der Waals surface area contributed by atoms with Crippen LogP contribution in [-0.4, -0.2) is 53.6 Å². The molecule has 1 unspecified atom stereocenters. The number of nitro benzene ring substituents is 1. The lowest BCUT2D eigenvalue weighted by atomic mass is 10.1. The first kappa shape index (κ1) is 16.2. The van der Waals surface area contributed by atoms with Gasteiger partial charge in [-0.15, -0.1) is 0 Å². The van der Waals surface area contributed by atoms with Gasteiger partial charge in [-0.3, -0.25) is 15.0 Å². The molecule has 1 saturated heterocycles. The molecule has 0 saturated carbocycles. The summed E-state index contributed by atoms with van der Waals surface area (Å²) >= 11 is 0. The highest BCUT2D eigenvalue weighted by molar-refractivity contribution is 5.67. The first-order chi connectivity index (χ1) is 10.5. The van der Waals surface area contributed by atoms with Crippen molar-refractivity contribution in [3.05, 3.63) is 39.9 Å². The molecule has 7 heteroatoms. The third-order valence-corrected chi connectivity index (χ3v) is 3.95. The molecule has 1 aromatic carbocycles. The average Bonchev–Trinajstić information content (AvgIpc) is 2.54. The van der Waals surface area contributed by atoms with Crippen molar-refractivity contribution in [1.29, 1.82) is 0 Å². The topological polar surface area (TPSA) is 75.9 Å². The zero-order valence-corrected chi connectivity index (χ0v) is 12.9. The van der Waals surface area contributed by atoms with E-state index in [-0.39, 0.29) is 22.7 Å². The maximum Gasteiger partial charge on any atom is 0.409 e. The Hall–Kier alpha value is -2.15. The fourth-order valence-electron chi connectivity index (χ4n) is 2.62. The van der Waals surface area contributed by atoms with E-state index in [0.29, 0.717) is 19.7 Å². The number of amides is 1. The highest BCUT2D eigenvalue weighted by Gasteiger charge is 2.25. The Labute approximate surface area is 129 Å². The van der Waals surface area contributed by atoms with Gasteiger partial charge in [-0.05, 0) is 19.4 Å². The smallest absolute Gasteiger partial charge is 0.409 e. The van der Waals surface area contributed by atoms with Gasteiger partial charge >= 0.3 is 6.09 Å². The second-order valence-electron chi connectivity index (χ2n) is 5.25. The van der Waals surface area contributed by atoms with Crippen molar-refractivity contribution in [1.82, 2.24) is 9.80 Å². The molecule has 1 aromatic rings. The Kier molecular flexibility index (Phi) is 5.32. The highest BCUT2D eigenvalue weighted by Crippen LogP contribution is 2.24. The van der Waals surface area contributed by atoms with Crippen LogP contribution in [0.15, 0.2) is 24.3 Å². The number of rotatable bonds is 4. The lowest BCUT2D eigenvalue weighted by molar-refractivity contribution is -0.385. The number of piperazine rings is 1. The molecular weight excluding hydrogens is 286 g/mol. The summed E-state index contributed by atoms with van der Waals surface area (Å²) in [6.45, 7) is 6.86. The molecule has 0 aliphatic carbocycles. The first-order valence-electron chi connectivity index (χ1n) is 7.43. The van der Waals surface area contributed by atoms with Gasteiger partial charge in [0.2, 0.25) is 0 Å². The lowest BCUT2D eigenvalue weighted by Crippen LogP contribution is -2.49. The summed E-state index contributed by atoms with van der Waals surface area (Å²) in [6, 6.07) is 6.79.